The molecule has 1 aromatic heterocycles. The van der Waals surface area contributed by atoms with Gasteiger partial charge in [-0.2, -0.15) is 10.1 Å². The van der Waals surface area contributed by atoms with Crippen LogP contribution in [0.5, 0.6) is 0 Å². The molecule has 3 aromatic carbocycles. The Balaban J connectivity index is 1.38. The fourth-order valence-electron chi connectivity index (χ4n) is 5.67. The van der Waals surface area contributed by atoms with Gasteiger partial charge in [-0.1, -0.05) is 91.0 Å². The second-order valence-corrected chi connectivity index (χ2v) is 10.1. The standard InChI is InChI=1S/C31H32N6O/c1-25(38)23-37-34-29(33-35-37)30(26-11-5-2-6-12-26)17-20-36(21-18-30)22-19-31(24-32,27-13-7-3-8-14-27)28-15-9-4-10-16-28/h2-16H,17-23H2,1H3. The van der Waals surface area contributed by atoms with Crippen molar-refractivity contribution >= 4 is 5.78 Å². The fraction of sp³-hybridized carbons (Fsp3) is 0.323. The average molecular weight is 505 g/mol. The first-order valence-electron chi connectivity index (χ1n) is 13.1. The fourth-order valence-corrected chi connectivity index (χ4v) is 5.67. The molecule has 0 unspecified atom stereocenters. The summed E-state index contributed by atoms with van der Waals surface area (Å²) in [5.74, 6) is 0.667. The minimum Gasteiger partial charge on any atom is -0.303 e. The first-order chi connectivity index (χ1) is 18.6. The molecule has 1 fully saturated rings. The molecule has 0 spiro atoms. The number of tetrazole rings is 1. The molecule has 0 N–H and O–H groups in total. The van der Waals surface area contributed by atoms with Crippen LogP contribution in [-0.2, 0) is 22.2 Å². The number of hydrogen-bond acceptors (Lipinski definition) is 6. The number of ketones is 1. The lowest BCUT2D eigenvalue weighted by Gasteiger charge is -2.41. The lowest BCUT2D eigenvalue weighted by atomic mass is 9.71. The van der Waals surface area contributed by atoms with Crippen molar-refractivity contribution in [2.24, 2.45) is 0 Å². The molecule has 1 saturated heterocycles. The van der Waals surface area contributed by atoms with E-state index in [0.717, 1.165) is 43.6 Å². The van der Waals surface area contributed by atoms with Crippen molar-refractivity contribution in [3.63, 3.8) is 0 Å². The number of hydrogen-bond donors (Lipinski definition) is 0. The highest BCUT2D eigenvalue weighted by molar-refractivity contribution is 5.74. The molecule has 1 aliphatic rings. The number of nitrogens with zero attached hydrogens (tertiary/aromatic N) is 6. The van der Waals surface area contributed by atoms with Crippen molar-refractivity contribution < 1.29 is 4.79 Å². The molecule has 0 bridgehead atoms. The van der Waals surface area contributed by atoms with Gasteiger partial charge in [0.15, 0.2) is 11.6 Å². The SMILES string of the molecule is CC(=O)Cn1nnc(C2(c3ccccc3)CCN(CCC(C#N)(c3ccccc3)c3ccccc3)CC2)n1. The Bertz CT molecular complexity index is 1350. The second kappa shape index (κ2) is 11.1. The van der Waals surface area contributed by atoms with E-state index in [0.29, 0.717) is 12.2 Å². The van der Waals surface area contributed by atoms with E-state index in [-0.39, 0.29) is 17.7 Å². The van der Waals surface area contributed by atoms with Crippen LogP contribution in [0.2, 0.25) is 0 Å². The number of rotatable bonds is 9. The van der Waals surface area contributed by atoms with Crippen LogP contribution in [0.3, 0.4) is 0 Å². The van der Waals surface area contributed by atoms with E-state index >= 15 is 0 Å². The Morgan fingerprint density at radius 2 is 1.47 bits per heavy atom. The zero-order chi connectivity index (χ0) is 26.4. The summed E-state index contributed by atoms with van der Waals surface area (Å²) in [4.78, 5) is 15.5. The third-order valence-corrected chi connectivity index (χ3v) is 7.81. The third-order valence-electron chi connectivity index (χ3n) is 7.81. The summed E-state index contributed by atoms with van der Waals surface area (Å²) in [6.45, 7) is 4.15. The Morgan fingerprint density at radius 3 is 2.00 bits per heavy atom. The first-order valence-corrected chi connectivity index (χ1v) is 13.1. The second-order valence-electron chi connectivity index (χ2n) is 10.1. The van der Waals surface area contributed by atoms with Gasteiger partial charge in [0.1, 0.15) is 12.0 Å². The van der Waals surface area contributed by atoms with E-state index in [2.05, 4.69) is 62.8 Å². The van der Waals surface area contributed by atoms with Gasteiger partial charge < -0.3 is 4.90 Å². The Kier molecular flexibility index (Phi) is 7.43. The van der Waals surface area contributed by atoms with E-state index in [4.69, 9.17) is 0 Å². The largest absolute Gasteiger partial charge is 0.303 e. The molecule has 7 heteroatoms. The number of carbonyl (C=O) groups excluding carboxylic acids is 1. The summed E-state index contributed by atoms with van der Waals surface area (Å²) in [5, 5.41) is 23.8. The Morgan fingerprint density at radius 1 is 0.921 bits per heavy atom. The van der Waals surface area contributed by atoms with Crippen molar-refractivity contribution in [3.05, 3.63) is 114 Å². The number of carbonyl (C=O) groups is 1. The maximum atomic E-state index is 11.6. The van der Waals surface area contributed by atoms with Crippen LogP contribution in [0, 0.1) is 11.3 Å². The predicted molar refractivity (Wildman–Crippen MR) is 145 cm³/mol. The van der Waals surface area contributed by atoms with Crippen molar-refractivity contribution in [2.45, 2.75) is 43.6 Å². The van der Waals surface area contributed by atoms with Gasteiger partial charge in [-0.25, -0.2) is 0 Å². The van der Waals surface area contributed by atoms with Gasteiger partial charge in [-0.05, 0) is 61.2 Å². The molecule has 0 aliphatic carbocycles. The van der Waals surface area contributed by atoms with E-state index in [1.54, 1.807) is 0 Å². The quantitative estimate of drug-likeness (QED) is 0.332. The van der Waals surface area contributed by atoms with E-state index in [1.807, 2.05) is 54.6 Å². The number of Topliss-reactive ketones (excluding diaryl/α,β-unsaturated/α-hetero) is 1. The summed E-state index contributed by atoms with van der Waals surface area (Å²) in [5.41, 5.74) is 2.14. The number of benzene rings is 3. The molecule has 38 heavy (non-hydrogen) atoms. The number of nitriles is 1. The number of likely N-dealkylation sites (tertiary alicyclic amines) is 1. The minimum atomic E-state index is -0.715. The van der Waals surface area contributed by atoms with Crippen LogP contribution in [0.1, 0.15) is 48.7 Å². The van der Waals surface area contributed by atoms with Crippen LogP contribution < -0.4 is 0 Å². The van der Waals surface area contributed by atoms with Gasteiger partial charge in [0.2, 0.25) is 0 Å². The molecular formula is C31H32N6O. The molecule has 1 aliphatic heterocycles. The maximum absolute atomic E-state index is 11.6. The predicted octanol–water partition coefficient (Wildman–Crippen LogP) is 4.54. The van der Waals surface area contributed by atoms with Crippen molar-refractivity contribution in [3.8, 4) is 6.07 Å². The van der Waals surface area contributed by atoms with Gasteiger partial charge in [0.05, 0.1) is 11.5 Å². The first kappa shape index (κ1) is 25.5. The summed E-state index contributed by atoms with van der Waals surface area (Å²) in [6.07, 6.45) is 2.36. The van der Waals surface area contributed by atoms with Crippen LogP contribution in [0.25, 0.3) is 0 Å². The molecule has 0 atom stereocenters. The highest BCUT2D eigenvalue weighted by atomic mass is 16.1. The summed E-state index contributed by atoms with van der Waals surface area (Å²) < 4.78 is 0. The lowest BCUT2D eigenvalue weighted by Crippen LogP contribution is -2.45. The monoisotopic (exact) mass is 504 g/mol. The highest BCUT2D eigenvalue weighted by Crippen LogP contribution is 2.41. The smallest absolute Gasteiger partial charge is 0.185 e. The highest BCUT2D eigenvalue weighted by Gasteiger charge is 2.42. The summed E-state index contributed by atoms with van der Waals surface area (Å²) in [7, 11) is 0. The normalized spacial score (nSPS) is 15.6. The van der Waals surface area contributed by atoms with Crippen molar-refractivity contribution in [1.82, 2.24) is 25.1 Å². The molecule has 2 heterocycles. The van der Waals surface area contributed by atoms with Gasteiger partial charge in [0, 0.05) is 6.54 Å². The minimum absolute atomic E-state index is 0.00432. The molecular weight excluding hydrogens is 472 g/mol. The average Bonchev–Trinajstić information content (AvgIpc) is 3.44. The van der Waals surface area contributed by atoms with E-state index in [1.165, 1.54) is 17.3 Å². The van der Waals surface area contributed by atoms with Crippen molar-refractivity contribution in [1.29, 1.82) is 5.26 Å². The molecule has 4 aromatic rings. The summed E-state index contributed by atoms with van der Waals surface area (Å²) >= 11 is 0. The number of piperidine rings is 1. The van der Waals surface area contributed by atoms with E-state index in [9.17, 15) is 10.1 Å². The zero-order valence-electron chi connectivity index (χ0n) is 21.7. The maximum Gasteiger partial charge on any atom is 0.185 e. The van der Waals surface area contributed by atoms with E-state index < -0.39 is 5.41 Å². The number of aromatic nitrogens is 4. The zero-order valence-corrected chi connectivity index (χ0v) is 21.7. The van der Waals surface area contributed by atoms with Gasteiger partial charge in [0.25, 0.3) is 0 Å². The van der Waals surface area contributed by atoms with Gasteiger partial charge in [-0.15, -0.1) is 10.2 Å². The van der Waals surface area contributed by atoms with Crippen LogP contribution in [0.15, 0.2) is 91.0 Å². The lowest BCUT2D eigenvalue weighted by molar-refractivity contribution is -0.117. The van der Waals surface area contributed by atoms with Crippen LogP contribution in [0.4, 0.5) is 0 Å². The molecule has 0 radical (unpaired) electrons. The topological polar surface area (TPSA) is 87.7 Å². The third kappa shape index (κ3) is 5.00. The molecule has 5 rings (SSSR count). The van der Waals surface area contributed by atoms with Crippen LogP contribution in [-0.4, -0.2) is 50.5 Å². The Hall–Kier alpha value is -4.15. The van der Waals surface area contributed by atoms with Crippen LogP contribution >= 0.6 is 0 Å². The summed E-state index contributed by atoms with van der Waals surface area (Å²) in [6, 6.07) is 33.3. The molecule has 0 amide bonds. The van der Waals surface area contributed by atoms with Gasteiger partial charge >= 0.3 is 0 Å². The molecule has 7 nitrogen and oxygen atoms in total. The molecule has 0 saturated carbocycles. The van der Waals surface area contributed by atoms with Gasteiger partial charge in [-0.3, -0.25) is 4.79 Å². The Labute approximate surface area is 223 Å². The molecule has 192 valence electrons. The van der Waals surface area contributed by atoms with Crippen molar-refractivity contribution in [2.75, 3.05) is 19.6 Å².